The molecular weight excluding hydrogens is 303 g/mol. The molecule has 0 fully saturated rings. The van der Waals surface area contributed by atoms with Crippen molar-refractivity contribution in [2.75, 3.05) is 5.32 Å². The van der Waals surface area contributed by atoms with Crippen LogP contribution in [-0.2, 0) is 12.8 Å². The van der Waals surface area contributed by atoms with Crippen molar-refractivity contribution < 1.29 is 9.18 Å². The Morgan fingerprint density at radius 3 is 2.79 bits per heavy atom. The minimum Gasteiger partial charge on any atom is -0.358 e. The molecule has 0 radical (unpaired) electrons. The van der Waals surface area contributed by atoms with Crippen LogP contribution >= 0.6 is 0 Å². The highest BCUT2D eigenvalue weighted by molar-refractivity contribution is 6.07. The number of nitrogens with one attached hydrogen (secondary N) is 2. The summed E-state index contributed by atoms with van der Waals surface area (Å²) < 4.78 is 13.2. The van der Waals surface area contributed by atoms with Gasteiger partial charge >= 0.3 is 0 Å². The van der Waals surface area contributed by atoms with E-state index in [2.05, 4.69) is 10.3 Å². The molecule has 1 amide bonds. The monoisotopic (exact) mass is 322 g/mol. The van der Waals surface area contributed by atoms with Crippen molar-refractivity contribution >= 4 is 22.5 Å². The normalized spacial score (nSPS) is 13.8. The van der Waals surface area contributed by atoms with Gasteiger partial charge in [0.15, 0.2) is 0 Å². The minimum absolute atomic E-state index is 0.169. The summed E-state index contributed by atoms with van der Waals surface area (Å²) in [5.74, 6) is -0.469. The average molecular weight is 322 g/mol. The first-order valence-corrected chi connectivity index (χ1v) is 8.33. The van der Waals surface area contributed by atoms with Crippen molar-refractivity contribution in [2.24, 2.45) is 0 Å². The van der Waals surface area contributed by atoms with E-state index in [0.717, 1.165) is 23.7 Å². The zero-order chi connectivity index (χ0) is 16.7. The van der Waals surface area contributed by atoms with Gasteiger partial charge in [-0.3, -0.25) is 4.79 Å². The summed E-state index contributed by atoms with van der Waals surface area (Å²) in [6.45, 7) is 1.78. The van der Waals surface area contributed by atoms with Gasteiger partial charge in [-0.15, -0.1) is 0 Å². The first-order chi connectivity index (χ1) is 11.6. The Hall–Kier alpha value is -2.62. The van der Waals surface area contributed by atoms with E-state index in [0.29, 0.717) is 16.8 Å². The van der Waals surface area contributed by atoms with Crippen LogP contribution in [-0.4, -0.2) is 10.9 Å². The van der Waals surface area contributed by atoms with Gasteiger partial charge in [-0.1, -0.05) is 0 Å². The highest BCUT2D eigenvalue weighted by Crippen LogP contribution is 2.30. The molecule has 4 heteroatoms. The molecule has 0 saturated heterocycles. The molecule has 1 heterocycles. The third-order valence-corrected chi connectivity index (χ3v) is 4.80. The zero-order valence-corrected chi connectivity index (χ0v) is 13.6. The lowest BCUT2D eigenvalue weighted by molar-refractivity contribution is 0.102. The van der Waals surface area contributed by atoms with E-state index in [1.54, 1.807) is 13.0 Å². The van der Waals surface area contributed by atoms with E-state index in [-0.39, 0.29) is 11.7 Å². The number of aryl methyl sites for hydroxylation is 3. The molecule has 2 aromatic carbocycles. The van der Waals surface area contributed by atoms with Gasteiger partial charge in [0.1, 0.15) is 5.82 Å². The van der Waals surface area contributed by atoms with Crippen molar-refractivity contribution in [3.8, 4) is 0 Å². The van der Waals surface area contributed by atoms with E-state index in [1.807, 2.05) is 18.2 Å². The van der Waals surface area contributed by atoms with Crippen LogP contribution in [0.15, 0.2) is 36.4 Å². The Bertz CT molecular complexity index is 942. The van der Waals surface area contributed by atoms with Gasteiger partial charge in [0.2, 0.25) is 0 Å². The third kappa shape index (κ3) is 2.58. The molecule has 0 saturated carbocycles. The average Bonchev–Trinajstić information content (AvgIpc) is 2.95. The number of carbonyl (C=O) groups is 1. The van der Waals surface area contributed by atoms with Gasteiger partial charge in [-0.2, -0.15) is 0 Å². The predicted molar refractivity (Wildman–Crippen MR) is 94.0 cm³/mol. The van der Waals surface area contributed by atoms with Crippen molar-refractivity contribution in [3.05, 3.63) is 64.6 Å². The second-order valence-corrected chi connectivity index (χ2v) is 6.46. The number of hydrogen-bond donors (Lipinski definition) is 2. The van der Waals surface area contributed by atoms with Crippen molar-refractivity contribution in [2.45, 2.75) is 32.6 Å². The fourth-order valence-corrected chi connectivity index (χ4v) is 3.51. The Labute approximate surface area is 139 Å². The molecule has 4 rings (SSSR count). The Kier molecular flexibility index (Phi) is 3.60. The number of anilines is 1. The number of rotatable bonds is 2. The number of benzene rings is 2. The van der Waals surface area contributed by atoms with Crippen LogP contribution in [0.25, 0.3) is 10.9 Å². The lowest BCUT2D eigenvalue weighted by Crippen LogP contribution is -2.12. The second kappa shape index (κ2) is 5.78. The summed E-state index contributed by atoms with van der Waals surface area (Å²) in [5.41, 5.74) is 5.73. The summed E-state index contributed by atoms with van der Waals surface area (Å²) in [7, 11) is 0. The number of fused-ring (bicyclic) bond motifs is 3. The van der Waals surface area contributed by atoms with Crippen molar-refractivity contribution in [1.29, 1.82) is 0 Å². The molecule has 0 unspecified atom stereocenters. The van der Waals surface area contributed by atoms with Crippen LogP contribution in [0.2, 0.25) is 0 Å². The maximum absolute atomic E-state index is 13.2. The van der Waals surface area contributed by atoms with Gasteiger partial charge in [-0.05, 0) is 80.1 Å². The molecule has 122 valence electrons. The summed E-state index contributed by atoms with van der Waals surface area (Å²) in [6, 6.07) is 10.1. The maximum Gasteiger partial charge on any atom is 0.255 e. The van der Waals surface area contributed by atoms with Crippen molar-refractivity contribution in [1.82, 2.24) is 4.98 Å². The topological polar surface area (TPSA) is 44.9 Å². The summed E-state index contributed by atoms with van der Waals surface area (Å²) in [5, 5.41) is 4.02. The Balaban J connectivity index is 1.67. The number of hydrogen-bond acceptors (Lipinski definition) is 1. The molecule has 3 nitrogen and oxygen atoms in total. The zero-order valence-electron chi connectivity index (χ0n) is 13.6. The lowest BCUT2D eigenvalue weighted by Gasteiger charge is -2.11. The fraction of sp³-hybridized carbons (Fsp3) is 0.250. The van der Waals surface area contributed by atoms with E-state index < -0.39 is 0 Å². The van der Waals surface area contributed by atoms with Crippen LogP contribution in [0, 0.1) is 12.7 Å². The largest absolute Gasteiger partial charge is 0.358 e. The third-order valence-electron chi connectivity index (χ3n) is 4.80. The Morgan fingerprint density at radius 2 is 1.96 bits per heavy atom. The SMILES string of the molecule is Cc1cc(F)ccc1NC(=O)c1ccc2[nH]c3c(c2c1)CCCC3. The molecule has 1 aliphatic carbocycles. The molecule has 1 aromatic heterocycles. The minimum atomic E-state index is -0.300. The predicted octanol–water partition coefficient (Wildman–Crippen LogP) is 4.75. The number of aromatic amines is 1. The highest BCUT2D eigenvalue weighted by atomic mass is 19.1. The van der Waals surface area contributed by atoms with Gasteiger partial charge in [-0.25, -0.2) is 4.39 Å². The molecule has 2 N–H and O–H groups in total. The summed E-state index contributed by atoms with van der Waals surface area (Å²) in [4.78, 5) is 16.0. The first kappa shape index (κ1) is 14.9. The molecule has 0 atom stereocenters. The van der Waals surface area contributed by atoms with E-state index in [1.165, 1.54) is 36.2 Å². The maximum atomic E-state index is 13.2. The van der Waals surface area contributed by atoms with Crippen LogP contribution < -0.4 is 5.32 Å². The van der Waals surface area contributed by atoms with E-state index in [4.69, 9.17) is 0 Å². The second-order valence-electron chi connectivity index (χ2n) is 6.46. The fourth-order valence-electron chi connectivity index (χ4n) is 3.51. The van der Waals surface area contributed by atoms with Crippen LogP contribution in [0.1, 0.15) is 40.0 Å². The molecule has 1 aliphatic rings. The van der Waals surface area contributed by atoms with Gasteiger partial charge in [0.05, 0.1) is 0 Å². The molecule has 0 spiro atoms. The van der Waals surface area contributed by atoms with Gasteiger partial charge < -0.3 is 10.3 Å². The lowest BCUT2D eigenvalue weighted by atomic mass is 9.95. The van der Waals surface area contributed by atoms with Gasteiger partial charge in [0.25, 0.3) is 5.91 Å². The smallest absolute Gasteiger partial charge is 0.255 e. The van der Waals surface area contributed by atoms with Gasteiger partial charge in [0, 0.05) is 27.8 Å². The number of H-pyrrole nitrogens is 1. The van der Waals surface area contributed by atoms with Crippen LogP contribution in [0.3, 0.4) is 0 Å². The highest BCUT2D eigenvalue weighted by Gasteiger charge is 2.17. The van der Waals surface area contributed by atoms with E-state index in [9.17, 15) is 9.18 Å². The van der Waals surface area contributed by atoms with E-state index >= 15 is 0 Å². The first-order valence-electron chi connectivity index (χ1n) is 8.33. The van der Waals surface area contributed by atoms with Crippen LogP contribution in [0.5, 0.6) is 0 Å². The summed E-state index contributed by atoms with van der Waals surface area (Å²) >= 11 is 0. The standard InChI is InChI=1S/C20H19FN2O/c1-12-10-14(21)7-9-17(12)23-20(24)13-6-8-19-16(11-13)15-4-2-3-5-18(15)22-19/h6-11,22H,2-5H2,1H3,(H,23,24). The summed E-state index contributed by atoms with van der Waals surface area (Å²) in [6.07, 6.45) is 4.57. The number of halogens is 1. The number of amides is 1. The van der Waals surface area contributed by atoms with Crippen molar-refractivity contribution in [3.63, 3.8) is 0 Å². The molecule has 3 aromatic rings. The molecule has 24 heavy (non-hydrogen) atoms. The molecule has 0 aliphatic heterocycles. The number of carbonyl (C=O) groups excluding carboxylic acids is 1. The molecule has 0 bridgehead atoms. The molecular formula is C20H19FN2O. The quantitative estimate of drug-likeness (QED) is 0.703. The Morgan fingerprint density at radius 1 is 1.12 bits per heavy atom. The number of aromatic nitrogens is 1. The van der Waals surface area contributed by atoms with Crippen LogP contribution in [0.4, 0.5) is 10.1 Å².